The second kappa shape index (κ2) is 6.77. The average molecular weight is 234 g/mol. The molecule has 2 heteroatoms. The summed E-state index contributed by atoms with van der Waals surface area (Å²) in [4.78, 5) is 2.50. The van der Waals surface area contributed by atoms with Crippen LogP contribution in [0.25, 0.3) is 0 Å². The number of nitrogens with zero attached hydrogens (tertiary/aromatic N) is 1. The fourth-order valence-corrected chi connectivity index (χ4v) is 2.43. The van der Waals surface area contributed by atoms with Crippen LogP contribution >= 0.6 is 0 Å². The van der Waals surface area contributed by atoms with Crippen LogP contribution in [-0.2, 0) is 6.42 Å². The van der Waals surface area contributed by atoms with Crippen LogP contribution in [0.4, 0.5) is 0 Å². The van der Waals surface area contributed by atoms with Crippen LogP contribution in [0.1, 0.15) is 32.8 Å². The van der Waals surface area contributed by atoms with Gasteiger partial charge in [0, 0.05) is 12.1 Å². The molecule has 0 saturated heterocycles. The highest BCUT2D eigenvalue weighted by Crippen LogP contribution is 2.20. The Balaban J connectivity index is 2.80. The van der Waals surface area contributed by atoms with Crippen LogP contribution in [0.3, 0.4) is 0 Å². The molecule has 0 amide bonds. The SMILES string of the molecule is CCCN(CC)C(C)(CN)Cc1ccccc1. The zero-order valence-corrected chi connectivity index (χ0v) is 11.4. The van der Waals surface area contributed by atoms with E-state index in [-0.39, 0.29) is 5.54 Å². The van der Waals surface area contributed by atoms with Gasteiger partial charge in [-0.05, 0) is 38.4 Å². The highest BCUT2D eigenvalue weighted by molar-refractivity contribution is 5.18. The molecule has 17 heavy (non-hydrogen) atoms. The van der Waals surface area contributed by atoms with Crippen LogP contribution < -0.4 is 5.73 Å². The molecule has 0 aliphatic carbocycles. The maximum atomic E-state index is 6.02. The molecule has 1 unspecified atom stereocenters. The summed E-state index contributed by atoms with van der Waals surface area (Å²) in [7, 11) is 0. The van der Waals surface area contributed by atoms with Crippen molar-refractivity contribution in [1.29, 1.82) is 0 Å². The molecule has 0 aromatic heterocycles. The Morgan fingerprint density at radius 2 is 1.82 bits per heavy atom. The van der Waals surface area contributed by atoms with Gasteiger partial charge in [0.1, 0.15) is 0 Å². The molecule has 0 spiro atoms. The summed E-state index contributed by atoms with van der Waals surface area (Å²) < 4.78 is 0. The lowest BCUT2D eigenvalue weighted by molar-refractivity contribution is 0.117. The monoisotopic (exact) mass is 234 g/mol. The molecule has 0 bridgehead atoms. The first-order valence-corrected chi connectivity index (χ1v) is 6.65. The van der Waals surface area contributed by atoms with Crippen molar-refractivity contribution in [3.63, 3.8) is 0 Å². The molecule has 1 aromatic rings. The molecular weight excluding hydrogens is 208 g/mol. The summed E-state index contributed by atoms with van der Waals surface area (Å²) in [5.41, 5.74) is 7.47. The number of hydrogen-bond acceptors (Lipinski definition) is 2. The molecule has 0 heterocycles. The van der Waals surface area contributed by atoms with Gasteiger partial charge >= 0.3 is 0 Å². The number of likely N-dealkylation sites (N-methyl/N-ethyl adjacent to an activating group) is 1. The van der Waals surface area contributed by atoms with Gasteiger partial charge in [0.05, 0.1) is 0 Å². The van der Waals surface area contributed by atoms with Gasteiger partial charge in [-0.25, -0.2) is 0 Å². The van der Waals surface area contributed by atoms with E-state index in [1.807, 2.05) is 0 Å². The van der Waals surface area contributed by atoms with E-state index < -0.39 is 0 Å². The molecule has 2 nitrogen and oxygen atoms in total. The summed E-state index contributed by atoms with van der Waals surface area (Å²) in [5.74, 6) is 0. The van der Waals surface area contributed by atoms with Crippen molar-refractivity contribution in [3.8, 4) is 0 Å². The first-order chi connectivity index (χ1) is 8.16. The van der Waals surface area contributed by atoms with E-state index in [4.69, 9.17) is 5.73 Å². The third-order valence-corrected chi connectivity index (χ3v) is 3.51. The Morgan fingerprint density at radius 1 is 1.18 bits per heavy atom. The minimum atomic E-state index is 0.0755. The maximum Gasteiger partial charge on any atom is 0.0343 e. The maximum absolute atomic E-state index is 6.02. The summed E-state index contributed by atoms with van der Waals surface area (Å²) in [6, 6.07) is 10.6. The molecule has 0 aliphatic rings. The van der Waals surface area contributed by atoms with E-state index in [9.17, 15) is 0 Å². The zero-order valence-electron chi connectivity index (χ0n) is 11.4. The molecule has 0 radical (unpaired) electrons. The number of rotatable bonds is 7. The lowest BCUT2D eigenvalue weighted by atomic mass is 9.90. The lowest BCUT2D eigenvalue weighted by Crippen LogP contribution is -2.53. The van der Waals surface area contributed by atoms with E-state index >= 15 is 0 Å². The van der Waals surface area contributed by atoms with E-state index in [2.05, 4.69) is 56.0 Å². The summed E-state index contributed by atoms with van der Waals surface area (Å²) >= 11 is 0. The normalized spacial score (nSPS) is 14.9. The first-order valence-electron chi connectivity index (χ1n) is 6.65. The fraction of sp³-hybridized carbons (Fsp3) is 0.600. The highest BCUT2D eigenvalue weighted by atomic mass is 15.2. The largest absolute Gasteiger partial charge is 0.329 e. The van der Waals surface area contributed by atoms with E-state index in [0.29, 0.717) is 6.54 Å². The number of hydrogen-bond donors (Lipinski definition) is 1. The van der Waals surface area contributed by atoms with Crippen molar-refractivity contribution < 1.29 is 0 Å². The molecule has 1 rings (SSSR count). The molecule has 1 atom stereocenters. The molecule has 0 fully saturated rings. The second-order valence-corrected chi connectivity index (χ2v) is 4.94. The summed E-state index contributed by atoms with van der Waals surface area (Å²) in [6.07, 6.45) is 2.20. The summed E-state index contributed by atoms with van der Waals surface area (Å²) in [6.45, 7) is 9.61. The van der Waals surface area contributed by atoms with Crippen molar-refractivity contribution in [2.45, 2.75) is 39.2 Å². The van der Waals surface area contributed by atoms with Crippen LogP contribution in [-0.4, -0.2) is 30.1 Å². The zero-order chi connectivity index (χ0) is 12.7. The topological polar surface area (TPSA) is 29.3 Å². The number of nitrogens with two attached hydrogens (primary N) is 1. The van der Waals surface area contributed by atoms with Gasteiger partial charge in [-0.2, -0.15) is 0 Å². The van der Waals surface area contributed by atoms with Crippen molar-refractivity contribution in [2.24, 2.45) is 5.73 Å². The second-order valence-electron chi connectivity index (χ2n) is 4.94. The van der Waals surface area contributed by atoms with Crippen LogP contribution in [0, 0.1) is 0 Å². The van der Waals surface area contributed by atoms with Gasteiger partial charge in [-0.3, -0.25) is 4.90 Å². The molecule has 1 aromatic carbocycles. The van der Waals surface area contributed by atoms with Crippen molar-refractivity contribution in [2.75, 3.05) is 19.6 Å². The van der Waals surface area contributed by atoms with Crippen molar-refractivity contribution >= 4 is 0 Å². The van der Waals surface area contributed by atoms with Crippen molar-refractivity contribution in [3.05, 3.63) is 35.9 Å². The van der Waals surface area contributed by atoms with Gasteiger partial charge in [0.25, 0.3) is 0 Å². The molecular formula is C15H26N2. The predicted octanol–water partition coefficient (Wildman–Crippen LogP) is 2.68. The van der Waals surface area contributed by atoms with Crippen LogP contribution in [0.2, 0.25) is 0 Å². The Morgan fingerprint density at radius 3 is 2.29 bits per heavy atom. The Kier molecular flexibility index (Phi) is 5.66. The Bertz CT molecular complexity index is 310. The van der Waals surface area contributed by atoms with Gasteiger partial charge in [0.15, 0.2) is 0 Å². The first kappa shape index (κ1) is 14.2. The molecule has 2 N–H and O–H groups in total. The Labute approximate surface area is 106 Å². The van der Waals surface area contributed by atoms with Crippen molar-refractivity contribution in [1.82, 2.24) is 4.90 Å². The fourth-order valence-electron chi connectivity index (χ4n) is 2.43. The van der Waals surface area contributed by atoms with Gasteiger partial charge in [0.2, 0.25) is 0 Å². The van der Waals surface area contributed by atoms with Crippen LogP contribution in [0.15, 0.2) is 30.3 Å². The molecule has 0 aliphatic heterocycles. The molecule has 0 saturated carbocycles. The average Bonchev–Trinajstić information content (AvgIpc) is 2.37. The highest BCUT2D eigenvalue weighted by Gasteiger charge is 2.28. The standard InChI is InChI=1S/C15H26N2/c1-4-11-17(5-2)15(3,13-16)12-14-9-7-6-8-10-14/h6-10H,4-5,11-13,16H2,1-3H3. The van der Waals surface area contributed by atoms with E-state index in [1.165, 1.54) is 12.0 Å². The summed E-state index contributed by atoms with van der Waals surface area (Å²) in [5, 5.41) is 0. The lowest BCUT2D eigenvalue weighted by Gasteiger charge is -2.40. The van der Waals surface area contributed by atoms with E-state index in [0.717, 1.165) is 19.5 Å². The van der Waals surface area contributed by atoms with Crippen LogP contribution in [0.5, 0.6) is 0 Å². The minimum absolute atomic E-state index is 0.0755. The smallest absolute Gasteiger partial charge is 0.0343 e. The van der Waals surface area contributed by atoms with E-state index in [1.54, 1.807) is 0 Å². The predicted molar refractivity (Wildman–Crippen MR) is 75.1 cm³/mol. The van der Waals surface area contributed by atoms with Gasteiger partial charge in [-0.1, -0.05) is 44.2 Å². The number of benzene rings is 1. The van der Waals surface area contributed by atoms with Gasteiger partial charge in [-0.15, -0.1) is 0 Å². The minimum Gasteiger partial charge on any atom is -0.329 e. The Hall–Kier alpha value is -0.860. The third kappa shape index (κ3) is 3.83. The third-order valence-electron chi connectivity index (χ3n) is 3.51. The quantitative estimate of drug-likeness (QED) is 0.786. The van der Waals surface area contributed by atoms with Gasteiger partial charge < -0.3 is 5.73 Å². The molecule has 96 valence electrons.